The lowest BCUT2D eigenvalue weighted by atomic mass is 9.98. The first kappa shape index (κ1) is 26.7. The molecule has 0 amide bonds. The summed E-state index contributed by atoms with van der Waals surface area (Å²) in [5.74, 6) is -0.181. The highest BCUT2D eigenvalue weighted by atomic mass is 16.5. The van der Waals surface area contributed by atoms with Gasteiger partial charge in [-0.05, 0) is 31.1 Å². The largest absolute Gasteiger partial charge is 0.462 e. The molecule has 0 aliphatic rings. The molecule has 0 bridgehead atoms. The molecule has 0 aromatic rings. The van der Waals surface area contributed by atoms with E-state index in [0.717, 1.165) is 12.8 Å². The van der Waals surface area contributed by atoms with Crippen LogP contribution in [0.25, 0.3) is 0 Å². The minimum absolute atomic E-state index is 0.270. The molecule has 0 fully saturated rings. The normalized spacial score (nSPS) is 12.3. The predicted molar refractivity (Wildman–Crippen MR) is 116 cm³/mol. The molecule has 0 atom stereocenters. The standard InChI is InChI=1S/C24H44O4/c1-7-9-10-11-12-13-14-15-16-22(24(26)28-18-20(5)6)21(8-2)23(25)27-17-19(3)4/h19-20H,7-18H2,1-6H3. The van der Waals surface area contributed by atoms with Gasteiger partial charge in [0.15, 0.2) is 0 Å². The minimum Gasteiger partial charge on any atom is -0.462 e. The van der Waals surface area contributed by atoms with Crippen LogP contribution in [0.1, 0.15) is 106 Å². The topological polar surface area (TPSA) is 52.6 Å². The average Bonchev–Trinajstić information content (AvgIpc) is 2.65. The van der Waals surface area contributed by atoms with Crippen molar-refractivity contribution in [1.82, 2.24) is 0 Å². The maximum absolute atomic E-state index is 12.6. The fourth-order valence-corrected chi connectivity index (χ4v) is 2.95. The smallest absolute Gasteiger partial charge is 0.334 e. The third-order valence-corrected chi connectivity index (χ3v) is 4.59. The maximum atomic E-state index is 12.6. The van der Waals surface area contributed by atoms with Crippen LogP contribution in [0, 0.1) is 11.8 Å². The van der Waals surface area contributed by atoms with Gasteiger partial charge in [0.25, 0.3) is 0 Å². The van der Waals surface area contributed by atoms with Crippen molar-refractivity contribution in [2.45, 2.75) is 106 Å². The molecule has 4 heteroatoms. The highest BCUT2D eigenvalue weighted by Gasteiger charge is 2.22. The number of unbranched alkanes of at least 4 members (excludes halogenated alkanes) is 7. The lowest BCUT2D eigenvalue weighted by Crippen LogP contribution is -2.19. The molecule has 0 aliphatic carbocycles. The summed E-state index contributed by atoms with van der Waals surface area (Å²) < 4.78 is 10.8. The van der Waals surface area contributed by atoms with Gasteiger partial charge >= 0.3 is 11.9 Å². The summed E-state index contributed by atoms with van der Waals surface area (Å²) >= 11 is 0. The van der Waals surface area contributed by atoms with Gasteiger partial charge in [-0.25, -0.2) is 9.59 Å². The van der Waals surface area contributed by atoms with E-state index in [1.807, 2.05) is 34.6 Å². The Balaban J connectivity index is 4.87. The second kappa shape index (κ2) is 16.6. The quantitative estimate of drug-likeness (QED) is 0.167. The SMILES string of the molecule is CCCCCCCCCCC(C(=O)OCC(C)C)=C(CC)C(=O)OCC(C)C. The van der Waals surface area contributed by atoms with E-state index in [2.05, 4.69) is 6.92 Å². The van der Waals surface area contributed by atoms with Crippen molar-refractivity contribution in [3.8, 4) is 0 Å². The number of hydrogen-bond acceptors (Lipinski definition) is 4. The Bertz CT molecular complexity index is 463. The second-order valence-electron chi connectivity index (χ2n) is 8.52. The molecule has 4 nitrogen and oxygen atoms in total. The Morgan fingerprint density at radius 2 is 1.07 bits per heavy atom. The molecule has 0 aliphatic heterocycles. The predicted octanol–water partition coefficient (Wildman–Crippen LogP) is 6.62. The van der Waals surface area contributed by atoms with Gasteiger partial charge in [0, 0.05) is 11.1 Å². The number of rotatable bonds is 16. The highest BCUT2D eigenvalue weighted by Crippen LogP contribution is 2.21. The van der Waals surface area contributed by atoms with Crippen LogP contribution in [0.15, 0.2) is 11.1 Å². The molecule has 28 heavy (non-hydrogen) atoms. The summed E-state index contributed by atoms with van der Waals surface area (Å²) in [6.45, 7) is 12.9. The number of carbonyl (C=O) groups excluding carboxylic acids is 2. The zero-order valence-corrected chi connectivity index (χ0v) is 19.3. The number of carbonyl (C=O) groups is 2. The molecule has 0 heterocycles. The van der Waals surface area contributed by atoms with Gasteiger partial charge in [0.1, 0.15) is 0 Å². The van der Waals surface area contributed by atoms with Crippen molar-refractivity contribution in [2.24, 2.45) is 11.8 Å². The molecule has 0 aromatic carbocycles. The van der Waals surface area contributed by atoms with Crippen molar-refractivity contribution >= 4 is 11.9 Å². The van der Waals surface area contributed by atoms with E-state index in [1.54, 1.807) is 0 Å². The van der Waals surface area contributed by atoms with Crippen LogP contribution in [0.3, 0.4) is 0 Å². The van der Waals surface area contributed by atoms with E-state index < -0.39 is 0 Å². The van der Waals surface area contributed by atoms with Crippen molar-refractivity contribution in [3.63, 3.8) is 0 Å². The Morgan fingerprint density at radius 3 is 1.50 bits per heavy atom. The maximum Gasteiger partial charge on any atom is 0.334 e. The van der Waals surface area contributed by atoms with E-state index in [1.165, 1.54) is 38.5 Å². The lowest BCUT2D eigenvalue weighted by Gasteiger charge is -2.15. The van der Waals surface area contributed by atoms with Gasteiger partial charge in [0.2, 0.25) is 0 Å². The van der Waals surface area contributed by atoms with E-state index in [0.29, 0.717) is 37.2 Å². The summed E-state index contributed by atoms with van der Waals surface area (Å²) in [7, 11) is 0. The van der Waals surface area contributed by atoms with Gasteiger partial charge in [-0.3, -0.25) is 0 Å². The molecule has 0 unspecified atom stereocenters. The van der Waals surface area contributed by atoms with Gasteiger partial charge < -0.3 is 9.47 Å². The monoisotopic (exact) mass is 396 g/mol. The summed E-state index contributed by atoms with van der Waals surface area (Å²) in [5.41, 5.74) is 1.00. The van der Waals surface area contributed by atoms with Gasteiger partial charge in [0.05, 0.1) is 13.2 Å². The molecule has 0 saturated heterocycles. The fourth-order valence-electron chi connectivity index (χ4n) is 2.95. The van der Waals surface area contributed by atoms with Crippen LogP contribution in [-0.4, -0.2) is 25.2 Å². The van der Waals surface area contributed by atoms with E-state index in [4.69, 9.17) is 9.47 Å². The molecule has 0 saturated carbocycles. The summed E-state index contributed by atoms with van der Waals surface area (Å²) in [6, 6.07) is 0. The lowest BCUT2D eigenvalue weighted by molar-refractivity contribution is -0.143. The van der Waals surface area contributed by atoms with Crippen molar-refractivity contribution in [3.05, 3.63) is 11.1 Å². The third-order valence-electron chi connectivity index (χ3n) is 4.59. The summed E-state index contributed by atoms with van der Waals surface area (Å²) in [4.78, 5) is 25.2. The highest BCUT2D eigenvalue weighted by molar-refractivity contribution is 6.00. The molecular weight excluding hydrogens is 352 g/mol. The zero-order valence-electron chi connectivity index (χ0n) is 19.3. The second-order valence-corrected chi connectivity index (χ2v) is 8.52. The fraction of sp³-hybridized carbons (Fsp3) is 0.833. The summed E-state index contributed by atoms with van der Waals surface area (Å²) in [6.07, 6.45) is 10.6. The van der Waals surface area contributed by atoms with Crippen molar-refractivity contribution in [2.75, 3.05) is 13.2 Å². The Kier molecular flexibility index (Phi) is 15.8. The Hall–Kier alpha value is -1.32. The van der Waals surface area contributed by atoms with Gasteiger partial charge in [-0.2, -0.15) is 0 Å². The van der Waals surface area contributed by atoms with E-state index in [-0.39, 0.29) is 23.8 Å². The first-order chi connectivity index (χ1) is 13.3. The average molecular weight is 397 g/mol. The number of esters is 2. The summed E-state index contributed by atoms with van der Waals surface area (Å²) in [5, 5.41) is 0. The van der Waals surface area contributed by atoms with Gasteiger partial charge in [-0.1, -0.05) is 86.5 Å². The number of hydrogen-bond donors (Lipinski definition) is 0. The Labute approximate surface area is 173 Å². The van der Waals surface area contributed by atoms with Crippen LogP contribution >= 0.6 is 0 Å². The molecule has 164 valence electrons. The molecule has 0 radical (unpaired) electrons. The van der Waals surface area contributed by atoms with Crippen LogP contribution in [0.5, 0.6) is 0 Å². The van der Waals surface area contributed by atoms with Crippen LogP contribution in [0.4, 0.5) is 0 Å². The van der Waals surface area contributed by atoms with Crippen molar-refractivity contribution < 1.29 is 19.1 Å². The van der Waals surface area contributed by atoms with Gasteiger partial charge in [-0.15, -0.1) is 0 Å². The van der Waals surface area contributed by atoms with Crippen LogP contribution in [-0.2, 0) is 19.1 Å². The molecule has 0 aromatic heterocycles. The zero-order chi connectivity index (χ0) is 21.4. The first-order valence-corrected chi connectivity index (χ1v) is 11.4. The minimum atomic E-state index is -0.368. The van der Waals surface area contributed by atoms with Crippen LogP contribution in [0.2, 0.25) is 0 Å². The number of ether oxygens (including phenoxy) is 2. The van der Waals surface area contributed by atoms with E-state index >= 15 is 0 Å². The van der Waals surface area contributed by atoms with E-state index in [9.17, 15) is 9.59 Å². The Morgan fingerprint density at radius 1 is 0.643 bits per heavy atom. The molecule has 0 rings (SSSR count). The third kappa shape index (κ3) is 13.0. The first-order valence-electron chi connectivity index (χ1n) is 11.4. The molecule has 0 spiro atoms. The molecular formula is C24H44O4. The van der Waals surface area contributed by atoms with Crippen molar-refractivity contribution in [1.29, 1.82) is 0 Å². The van der Waals surface area contributed by atoms with Crippen LogP contribution < -0.4 is 0 Å². The molecule has 0 N–H and O–H groups in total.